The number of benzene rings is 1. The van der Waals surface area contributed by atoms with Crippen LogP contribution in [-0.4, -0.2) is 37.6 Å². The highest BCUT2D eigenvalue weighted by Crippen LogP contribution is 2.33. The zero-order valence-corrected chi connectivity index (χ0v) is 15.3. The maximum atomic E-state index is 12.7. The molecule has 25 heavy (non-hydrogen) atoms. The number of sulfonamides is 1. The van der Waals surface area contributed by atoms with Crippen LogP contribution in [0.2, 0.25) is 10.2 Å². The van der Waals surface area contributed by atoms with Crippen LogP contribution in [-0.2, 0) is 10.0 Å². The van der Waals surface area contributed by atoms with Gasteiger partial charge in [0, 0.05) is 22.1 Å². The Morgan fingerprint density at radius 3 is 2.60 bits per heavy atom. The summed E-state index contributed by atoms with van der Waals surface area (Å²) in [6, 6.07) is 4.82. The molecule has 0 unspecified atom stereocenters. The fraction of sp³-hybridized carbons (Fsp3) is 0.143. The third kappa shape index (κ3) is 3.30. The number of halogens is 2. The maximum Gasteiger partial charge on any atom is 0.266 e. The quantitative estimate of drug-likeness (QED) is 0.635. The molecule has 3 rings (SSSR count). The first-order chi connectivity index (χ1) is 11.9. The smallest absolute Gasteiger partial charge is 0.266 e. The first-order valence-corrected chi connectivity index (χ1v) is 9.04. The molecule has 132 valence electrons. The Balaban J connectivity index is 2.03. The fourth-order valence-corrected chi connectivity index (χ4v) is 3.76. The fourth-order valence-electron chi connectivity index (χ4n) is 2.23. The van der Waals surface area contributed by atoms with Gasteiger partial charge in [-0.05, 0) is 18.2 Å². The second-order valence-corrected chi connectivity index (χ2v) is 7.27. The lowest BCUT2D eigenvalue weighted by atomic mass is 10.2. The lowest BCUT2D eigenvalue weighted by molar-refractivity contribution is 0.342. The van der Waals surface area contributed by atoms with Crippen molar-refractivity contribution >= 4 is 50.1 Å². The van der Waals surface area contributed by atoms with E-state index < -0.39 is 10.0 Å². The molecule has 2 heterocycles. The van der Waals surface area contributed by atoms with Gasteiger partial charge in [-0.2, -0.15) is 9.97 Å². The van der Waals surface area contributed by atoms with Gasteiger partial charge < -0.3 is 14.5 Å². The Bertz CT molecular complexity index is 1050. The molecule has 2 aromatic heterocycles. The number of methoxy groups -OCH3 is 2. The summed E-state index contributed by atoms with van der Waals surface area (Å²) in [6.45, 7) is 0. The Hall–Kier alpha value is -2.23. The molecule has 0 bridgehead atoms. The van der Waals surface area contributed by atoms with E-state index in [1.165, 1.54) is 20.4 Å². The normalized spacial score (nSPS) is 11.5. The number of H-pyrrole nitrogens is 1. The van der Waals surface area contributed by atoms with E-state index in [0.717, 1.165) is 0 Å². The Morgan fingerprint density at radius 2 is 1.92 bits per heavy atom. The molecule has 0 aliphatic rings. The van der Waals surface area contributed by atoms with Gasteiger partial charge in [-0.1, -0.05) is 23.2 Å². The lowest BCUT2D eigenvalue weighted by Gasteiger charge is -2.11. The summed E-state index contributed by atoms with van der Waals surface area (Å²) in [5.74, 6) is -0.134. The zero-order chi connectivity index (χ0) is 18.2. The van der Waals surface area contributed by atoms with Gasteiger partial charge in [0.2, 0.25) is 11.7 Å². The van der Waals surface area contributed by atoms with Gasteiger partial charge in [-0.3, -0.25) is 0 Å². The highest BCUT2D eigenvalue weighted by molar-refractivity contribution is 7.93. The molecule has 0 saturated heterocycles. The SMILES string of the molecule is COc1nc(NS(=O)(=O)c2c[nH]c3cc(Cl)ccc23)nc(Cl)c1OC. The molecule has 0 spiro atoms. The van der Waals surface area contributed by atoms with Crippen molar-refractivity contribution in [3.63, 3.8) is 0 Å². The molecule has 2 N–H and O–H groups in total. The number of aromatic amines is 1. The largest absolute Gasteiger partial charge is 0.489 e. The number of hydrogen-bond donors (Lipinski definition) is 2. The topological polar surface area (TPSA) is 106 Å². The van der Waals surface area contributed by atoms with E-state index in [1.807, 2.05) is 0 Å². The first-order valence-electron chi connectivity index (χ1n) is 6.80. The van der Waals surface area contributed by atoms with Crippen LogP contribution in [0, 0.1) is 0 Å². The number of fused-ring (bicyclic) bond motifs is 1. The number of anilines is 1. The molecule has 1 aromatic carbocycles. The van der Waals surface area contributed by atoms with Gasteiger partial charge in [0.25, 0.3) is 15.9 Å². The molecule has 0 saturated carbocycles. The van der Waals surface area contributed by atoms with Crippen molar-refractivity contribution in [2.45, 2.75) is 4.90 Å². The molecule has 0 aliphatic heterocycles. The monoisotopic (exact) mass is 402 g/mol. The maximum absolute atomic E-state index is 12.7. The summed E-state index contributed by atoms with van der Waals surface area (Å²) in [5, 5.41) is 0.877. The summed E-state index contributed by atoms with van der Waals surface area (Å²) in [6.07, 6.45) is 1.35. The standard InChI is InChI=1S/C14H12Cl2N4O4S/c1-23-11-12(16)18-14(19-13(11)24-2)20-25(21,22)10-6-17-9-5-7(15)3-4-8(9)10/h3-6,17H,1-2H3,(H,18,19,20). The third-order valence-electron chi connectivity index (χ3n) is 3.31. The van der Waals surface area contributed by atoms with Crippen LogP contribution in [0.5, 0.6) is 11.6 Å². The van der Waals surface area contributed by atoms with E-state index in [0.29, 0.717) is 15.9 Å². The van der Waals surface area contributed by atoms with Crippen molar-refractivity contribution < 1.29 is 17.9 Å². The van der Waals surface area contributed by atoms with E-state index in [1.54, 1.807) is 18.2 Å². The van der Waals surface area contributed by atoms with Crippen molar-refractivity contribution in [3.05, 3.63) is 34.6 Å². The van der Waals surface area contributed by atoms with E-state index in [9.17, 15) is 8.42 Å². The number of aromatic nitrogens is 3. The van der Waals surface area contributed by atoms with Crippen LogP contribution in [0.25, 0.3) is 10.9 Å². The van der Waals surface area contributed by atoms with Gasteiger partial charge >= 0.3 is 0 Å². The molecule has 0 radical (unpaired) electrons. The summed E-state index contributed by atoms with van der Waals surface area (Å²) in [7, 11) is -1.26. The van der Waals surface area contributed by atoms with Crippen molar-refractivity contribution in [2.75, 3.05) is 18.9 Å². The molecule has 8 nitrogen and oxygen atoms in total. The van der Waals surface area contributed by atoms with E-state index in [2.05, 4.69) is 19.7 Å². The number of ether oxygens (including phenoxy) is 2. The van der Waals surface area contributed by atoms with Crippen LogP contribution in [0.3, 0.4) is 0 Å². The molecule has 11 heteroatoms. The van der Waals surface area contributed by atoms with E-state index in [-0.39, 0.29) is 27.6 Å². The third-order valence-corrected chi connectivity index (χ3v) is 5.17. The minimum Gasteiger partial charge on any atom is -0.489 e. The van der Waals surface area contributed by atoms with Gasteiger partial charge in [0.15, 0.2) is 5.15 Å². The molecule has 0 fully saturated rings. The van der Waals surface area contributed by atoms with E-state index in [4.69, 9.17) is 32.7 Å². The number of rotatable bonds is 5. The van der Waals surface area contributed by atoms with Crippen molar-refractivity contribution in [1.29, 1.82) is 0 Å². The molecule has 0 atom stereocenters. The molecule has 3 aromatic rings. The van der Waals surface area contributed by atoms with Gasteiger partial charge in [0.05, 0.1) is 14.2 Å². The predicted molar refractivity (Wildman–Crippen MR) is 94.3 cm³/mol. The minimum atomic E-state index is -3.98. The molecular formula is C14H12Cl2N4O4S. The highest BCUT2D eigenvalue weighted by atomic mass is 35.5. The van der Waals surface area contributed by atoms with Crippen LogP contribution in [0.4, 0.5) is 5.95 Å². The van der Waals surface area contributed by atoms with Crippen LogP contribution in [0.1, 0.15) is 0 Å². The second-order valence-electron chi connectivity index (χ2n) is 4.83. The Kier molecular flexibility index (Phi) is 4.63. The van der Waals surface area contributed by atoms with Crippen molar-refractivity contribution in [2.24, 2.45) is 0 Å². The minimum absolute atomic E-state index is 0.00547. The summed E-state index contributed by atoms with van der Waals surface area (Å²) >= 11 is 11.9. The van der Waals surface area contributed by atoms with Gasteiger partial charge in [-0.25, -0.2) is 13.1 Å². The average molecular weight is 403 g/mol. The number of nitrogens with zero attached hydrogens (tertiary/aromatic N) is 2. The van der Waals surface area contributed by atoms with Crippen LogP contribution in [0.15, 0.2) is 29.3 Å². The van der Waals surface area contributed by atoms with Crippen LogP contribution >= 0.6 is 23.2 Å². The second kappa shape index (κ2) is 6.58. The molecule has 0 amide bonds. The first kappa shape index (κ1) is 17.6. The Morgan fingerprint density at radius 1 is 1.16 bits per heavy atom. The lowest BCUT2D eigenvalue weighted by Crippen LogP contribution is -2.15. The van der Waals surface area contributed by atoms with Gasteiger partial charge in [-0.15, -0.1) is 0 Å². The number of hydrogen-bond acceptors (Lipinski definition) is 6. The van der Waals surface area contributed by atoms with Crippen molar-refractivity contribution in [1.82, 2.24) is 15.0 Å². The van der Waals surface area contributed by atoms with Crippen molar-refractivity contribution in [3.8, 4) is 11.6 Å². The summed E-state index contributed by atoms with van der Waals surface area (Å²) in [5.41, 5.74) is 0.583. The Labute approximate surface area is 153 Å². The average Bonchev–Trinajstić information content (AvgIpc) is 2.97. The van der Waals surface area contributed by atoms with Crippen LogP contribution < -0.4 is 14.2 Å². The zero-order valence-electron chi connectivity index (χ0n) is 13.0. The molecule has 0 aliphatic carbocycles. The number of nitrogens with one attached hydrogen (secondary N) is 2. The molecular weight excluding hydrogens is 391 g/mol. The van der Waals surface area contributed by atoms with Gasteiger partial charge in [0.1, 0.15) is 4.90 Å². The van der Waals surface area contributed by atoms with E-state index >= 15 is 0 Å². The predicted octanol–water partition coefficient (Wildman–Crippen LogP) is 3.08. The highest BCUT2D eigenvalue weighted by Gasteiger charge is 2.22. The summed E-state index contributed by atoms with van der Waals surface area (Å²) in [4.78, 5) is 10.7. The summed E-state index contributed by atoms with van der Waals surface area (Å²) < 4.78 is 37.7.